The molecule has 2 heterocycles. The molecule has 2 aromatic heterocycles. The van der Waals surface area contributed by atoms with Gasteiger partial charge in [0.1, 0.15) is 0 Å². The molecule has 0 fully saturated rings. The minimum Gasteiger partial charge on any atom is -0.409 e. The van der Waals surface area contributed by atoms with E-state index in [9.17, 15) is 4.79 Å². The lowest BCUT2D eigenvalue weighted by molar-refractivity contribution is -0.120. The van der Waals surface area contributed by atoms with Crippen LogP contribution in [0.5, 0.6) is 5.88 Å². The summed E-state index contributed by atoms with van der Waals surface area (Å²) in [6, 6.07) is 15.2. The maximum Gasteiger partial charge on any atom is 0.299 e. The highest BCUT2D eigenvalue weighted by molar-refractivity contribution is 7.12. The molecule has 0 N–H and O–H groups in total. The molecule has 4 aromatic rings. The van der Waals surface area contributed by atoms with Gasteiger partial charge in [-0.1, -0.05) is 47.7 Å². The van der Waals surface area contributed by atoms with Crippen LogP contribution in [0.15, 0.2) is 53.9 Å². The Bertz CT molecular complexity index is 1120. The molecule has 6 nitrogen and oxygen atoms in total. The second-order valence-electron chi connectivity index (χ2n) is 5.12. The molecule has 2 aromatic carbocycles. The molecular formula is C18H10N4O2S. The Morgan fingerprint density at radius 2 is 2.08 bits per heavy atom. The zero-order valence-electron chi connectivity index (χ0n) is 12.8. The Kier molecular flexibility index (Phi) is 3.72. The summed E-state index contributed by atoms with van der Waals surface area (Å²) >= 11 is 1.33. The average molecular weight is 346 g/mol. The number of hydrogen-bond acceptors (Lipinski definition) is 5. The quantitative estimate of drug-likeness (QED) is 0.410. The van der Waals surface area contributed by atoms with Crippen LogP contribution in [0.2, 0.25) is 0 Å². The van der Waals surface area contributed by atoms with Gasteiger partial charge in [-0.25, -0.2) is 9.53 Å². The molecule has 0 aliphatic carbocycles. The Morgan fingerprint density at radius 3 is 2.92 bits per heavy atom. The van der Waals surface area contributed by atoms with Gasteiger partial charge in [0.05, 0.1) is 23.2 Å². The van der Waals surface area contributed by atoms with E-state index in [-0.39, 0.29) is 5.88 Å². The van der Waals surface area contributed by atoms with Crippen LogP contribution >= 0.6 is 11.3 Å². The fourth-order valence-corrected chi connectivity index (χ4v) is 3.30. The second kappa shape index (κ2) is 6.19. The van der Waals surface area contributed by atoms with Gasteiger partial charge in [0.2, 0.25) is 11.0 Å². The van der Waals surface area contributed by atoms with Gasteiger partial charge in [-0.2, -0.15) is 10.1 Å². The van der Waals surface area contributed by atoms with E-state index in [0.29, 0.717) is 17.3 Å². The number of carbonyl (C=O) groups is 1. The number of ether oxygens (including phenoxy) is 1. The lowest BCUT2D eigenvalue weighted by Crippen LogP contribution is -1.96. The SMILES string of the molecule is [C-]#[N+]c1cccc(-c2nn(-c3nc(OC=O)cs3)c3ccccc23)c1. The molecule has 0 spiro atoms. The number of fused-ring (bicyclic) bond motifs is 1. The van der Waals surface area contributed by atoms with Crippen molar-refractivity contribution in [3.05, 3.63) is 65.3 Å². The monoisotopic (exact) mass is 346 g/mol. The molecule has 25 heavy (non-hydrogen) atoms. The van der Waals surface area contributed by atoms with Gasteiger partial charge in [0.25, 0.3) is 6.47 Å². The number of rotatable bonds is 4. The third-order valence-corrected chi connectivity index (χ3v) is 4.45. The molecule has 0 bridgehead atoms. The number of nitrogens with zero attached hydrogens (tertiary/aromatic N) is 4. The number of thiazole rings is 1. The summed E-state index contributed by atoms with van der Waals surface area (Å²) in [6.45, 7) is 7.55. The average Bonchev–Trinajstić information content (AvgIpc) is 3.26. The second-order valence-corrected chi connectivity index (χ2v) is 5.96. The van der Waals surface area contributed by atoms with Crippen molar-refractivity contribution in [2.24, 2.45) is 0 Å². The standard InChI is InChI=1S/C18H10N4O2S/c1-19-13-6-4-5-12(9-13)17-14-7-2-3-8-15(14)22(21-17)18-20-16(10-25-18)24-11-23/h2-11H. The van der Waals surface area contributed by atoms with Crippen molar-refractivity contribution in [2.45, 2.75) is 0 Å². The summed E-state index contributed by atoms with van der Waals surface area (Å²) in [5, 5.41) is 7.90. The minimum atomic E-state index is 0.242. The van der Waals surface area contributed by atoms with Gasteiger partial charge in [-0.3, -0.25) is 4.79 Å². The van der Waals surface area contributed by atoms with Crippen LogP contribution in [0, 0.1) is 6.57 Å². The van der Waals surface area contributed by atoms with E-state index in [4.69, 9.17) is 16.4 Å². The van der Waals surface area contributed by atoms with Crippen LogP contribution < -0.4 is 4.74 Å². The highest BCUT2D eigenvalue weighted by Gasteiger charge is 2.16. The van der Waals surface area contributed by atoms with Gasteiger partial charge < -0.3 is 4.74 Å². The van der Waals surface area contributed by atoms with Crippen LogP contribution in [0.3, 0.4) is 0 Å². The molecular weight excluding hydrogens is 336 g/mol. The fourth-order valence-electron chi connectivity index (χ4n) is 2.60. The predicted octanol–water partition coefficient (Wildman–Crippen LogP) is 4.23. The third kappa shape index (κ3) is 2.65. The first kappa shape index (κ1) is 15.1. The molecule has 0 radical (unpaired) electrons. The van der Waals surface area contributed by atoms with Crippen molar-refractivity contribution >= 4 is 34.4 Å². The molecule has 0 amide bonds. The first-order valence-corrected chi connectivity index (χ1v) is 8.20. The van der Waals surface area contributed by atoms with Gasteiger partial charge >= 0.3 is 0 Å². The number of hydrogen-bond donors (Lipinski definition) is 0. The molecule has 120 valence electrons. The van der Waals surface area contributed by atoms with E-state index in [1.165, 1.54) is 11.3 Å². The third-order valence-electron chi connectivity index (χ3n) is 3.66. The van der Waals surface area contributed by atoms with Crippen molar-refractivity contribution in [1.82, 2.24) is 14.8 Å². The lowest BCUT2D eigenvalue weighted by Gasteiger charge is -1.98. The molecule has 0 saturated heterocycles. The van der Waals surface area contributed by atoms with E-state index < -0.39 is 0 Å². The molecule has 0 atom stereocenters. The minimum absolute atomic E-state index is 0.242. The van der Waals surface area contributed by atoms with Gasteiger partial charge in [-0.15, -0.1) is 0 Å². The van der Waals surface area contributed by atoms with Crippen molar-refractivity contribution < 1.29 is 9.53 Å². The van der Waals surface area contributed by atoms with Gasteiger partial charge in [-0.05, 0) is 17.7 Å². The van der Waals surface area contributed by atoms with Crippen molar-refractivity contribution in [2.75, 3.05) is 0 Å². The Morgan fingerprint density at radius 1 is 1.20 bits per heavy atom. The number of aromatic nitrogens is 3. The molecule has 7 heteroatoms. The van der Waals surface area contributed by atoms with Gasteiger partial charge in [0, 0.05) is 5.39 Å². The number of para-hydroxylation sites is 1. The predicted molar refractivity (Wildman–Crippen MR) is 95.1 cm³/mol. The number of carbonyl (C=O) groups excluding carboxylic acids is 1. The van der Waals surface area contributed by atoms with Crippen LogP contribution in [0.1, 0.15) is 0 Å². The summed E-state index contributed by atoms with van der Waals surface area (Å²) in [4.78, 5) is 18.2. The largest absolute Gasteiger partial charge is 0.409 e. The maximum atomic E-state index is 10.5. The Hall–Kier alpha value is -3.50. The highest BCUT2D eigenvalue weighted by atomic mass is 32.1. The van der Waals surface area contributed by atoms with Crippen molar-refractivity contribution in [1.29, 1.82) is 0 Å². The summed E-state index contributed by atoms with van der Waals surface area (Å²) in [5.74, 6) is 0.242. The van der Waals surface area contributed by atoms with E-state index in [1.807, 2.05) is 42.5 Å². The highest BCUT2D eigenvalue weighted by Crippen LogP contribution is 2.32. The summed E-state index contributed by atoms with van der Waals surface area (Å²) in [7, 11) is 0. The van der Waals surface area contributed by atoms with Crippen LogP contribution in [0.25, 0.3) is 32.1 Å². The van der Waals surface area contributed by atoms with Crippen molar-refractivity contribution in [3.63, 3.8) is 0 Å². The zero-order chi connectivity index (χ0) is 17.2. The topological polar surface area (TPSA) is 61.4 Å². The summed E-state index contributed by atoms with van der Waals surface area (Å²) < 4.78 is 6.51. The molecule has 4 rings (SSSR count). The van der Waals surface area contributed by atoms with Crippen LogP contribution in [-0.2, 0) is 4.79 Å². The van der Waals surface area contributed by atoms with Gasteiger partial charge in [0.15, 0.2) is 5.69 Å². The fraction of sp³-hybridized carbons (Fsp3) is 0. The first-order valence-electron chi connectivity index (χ1n) is 7.32. The van der Waals surface area contributed by atoms with E-state index in [2.05, 4.69) is 9.83 Å². The van der Waals surface area contributed by atoms with Crippen LogP contribution in [0.4, 0.5) is 5.69 Å². The Balaban J connectivity index is 1.92. The first-order chi connectivity index (χ1) is 12.3. The molecule has 0 aliphatic rings. The Labute approximate surface area is 146 Å². The maximum absolute atomic E-state index is 10.5. The van der Waals surface area contributed by atoms with E-state index in [0.717, 1.165) is 22.2 Å². The number of benzene rings is 2. The van der Waals surface area contributed by atoms with E-state index in [1.54, 1.807) is 16.1 Å². The molecule has 0 saturated carbocycles. The van der Waals surface area contributed by atoms with Crippen LogP contribution in [-0.4, -0.2) is 21.2 Å². The summed E-state index contributed by atoms with van der Waals surface area (Å²) in [5.41, 5.74) is 3.09. The molecule has 0 unspecified atom stereocenters. The normalized spacial score (nSPS) is 10.5. The molecule has 0 aliphatic heterocycles. The smallest absolute Gasteiger partial charge is 0.299 e. The van der Waals surface area contributed by atoms with E-state index >= 15 is 0 Å². The van der Waals surface area contributed by atoms with Crippen molar-refractivity contribution in [3.8, 4) is 22.3 Å². The summed E-state index contributed by atoms with van der Waals surface area (Å²) in [6.07, 6.45) is 0. The lowest BCUT2D eigenvalue weighted by atomic mass is 10.1. The zero-order valence-corrected chi connectivity index (χ0v) is 13.6.